The van der Waals surface area contributed by atoms with Gasteiger partial charge in [-0.2, -0.15) is 0 Å². The molecule has 0 spiro atoms. The van der Waals surface area contributed by atoms with Crippen LogP contribution in [0.15, 0.2) is 18.3 Å². The molecule has 0 atom stereocenters. The van der Waals surface area contributed by atoms with E-state index in [0.717, 1.165) is 0 Å². The predicted molar refractivity (Wildman–Crippen MR) is 53.4 cm³/mol. The summed E-state index contributed by atoms with van der Waals surface area (Å²) < 4.78 is 4.61. The van der Waals surface area contributed by atoms with Gasteiger partial charge in [0.15, 0.2) is 12.1 Å². The summed E-state index contributed by atoms with van der Waals surface area (Å²) in [7, 11) is 0. The molecule has 0 saturated heterocycles. The van der Waals surface area contributed by atoms with E-state index in [1.54, 1.807) is 19.1 Å². The van der Waals surface area contributed by atoms with Crippen molar-refractivity contribution in [1.82, 2.24) is 10.4 Å². The minimum absolute atomic E-state index is 0.274. The molecule has 1 heterocycles. The third-order valence-corrected chi connectivity index (χ3v) is 1.52. The number of aromatic nitrogens is 1. The van der Waals surface area contributed by atoms with Crippen molar-refractivity contribution >= 4 is 18.2 Å². The summed E-state index contributed by atoms with van der Waals surface area (Å²) in [5.41, 5.74) is 5.08. The monoisotopic (exact) mass is 209 g/mol. The zero-order chi connectivity index (χ0) is 11.1. The first kappa shape index (κ1) is 11.0. The van der Waals surface area contributed by atoms with Crippen molar-refractivity contribution in [3.8, 4) is 0 Å². The first-order valence-corrected chi connectivity index (χ1v) is 4.37. The number of hydrogen-bond donors (Lipinski definition) is 2. The molecule has 1 amide bonds. The Morgan fingerprint density at radius 1 is 1.67 bits per heavy atom. The van der Waals surface area contributed by atoms with Crippen molar-refractivity contribution in [3.05, 3.63) is 23.9 Å². The summed E-state index contributed by atoms with van der Waals surface area (Å²) in [4.78, 5) is 25.3. The lowest BCUT2D eigenvalue weighted by molar-refractivity contribution is 0.112. The minimum atomic E-state index is -0.625. The summed E-state index contributed by atoms with van der Waals surface area (Å²) in [6.45, 7) is 1.97. The fourth-order valence-corrected chi connectivity index (χ4v) is 0.895. The maximum atomic E-state index is 10.9. The van der Waals surface area contributed by atoms with Crippen molar-refractivity contribution in [2.24, 2.45) is 0 Å². The number of carbonyl (C=O) groups excluding carboxylic acids is 2. The largest absolute Gasteiger partial charge is 0.449 e. The molecule has 80 valence electrons. The van der Waals surface area contributed by atoms with E-state index in [9.17, 15) is 9.59 Å². The number of nitrogens with zero attached hydrogens (tertiary/aromatic N) is 1. The van der Waals surface area contributed by atoms with Crippen LogP contribution in [0.2, 0.25) is 0 Å². The Bertz CT molecular complexity index is 354. The number of anilines is 1. The highest BCUT2D eigenvalue weighted by atomic mass is 16.5. The van der Waals surface area contributed by atoms with Gasteiger partial charge in [0.05, 0.1) is 12.2 Å². The third kappa shape index (κ3) is 3.26. The van der Waals surface area contributed by atoms with Crippen molar-refractivity contribution in [3.63, 3.8) is 0 Å². The number of rotatable bonds is 4. The number of hydrazine groups is 1. The second-order valence-electron chi connectivity index (χ2n) is 2.53. The molecule has 2 N–H and O–H groups in total. The molecule has 1 aromatic rings. The molecule has 15 heavy (non-hydrogen) atoms. The predicted octanol–water partition coefficient (Wildman–Crippen LogP) is 0.967. The fraction of sp³-hybridized carbons (Fsp3) is 0.222. The maximum absolute atomic E-state index is 10.9. The quantitative estimate of drug-likeness (QED) is 0.570. The molecule has 6 nitrogen and oxygen atoms in total. The normalized spacial score (nSPS) is 9.13. The van der Waals surface area contributed by atoms with E-state index in [4.69, 9.17) is 0 Å². The van der Waals surface area contributed by atoms with Gasteiger partial charge in [-0.3, -0.25) is 10.2 Å². The van der Waals surface area contributed by atoms with Gasteiger partial charge in [0.1, 0.15) is 0 Å². The highest BCUT2D eigenvalue weighted by Crippen LogP contribution is 2.06. The summed E-state index contributed by atoms with van der Waals surface area (Å²) in [5.74, 6) is 0.278. The summed E-state index contributed by atoms with van der Waals surface area (Å²) in [6.07, 6.45) is 1.52. The van der Waals surface area contributed by atoms with Gasteiger partial charge in [-0.25, -0.2) is 15.2 Å². The molecule has 6 heteroatoms. The molecule has 1 aromatic heterocycles. The van der Waals surface area contributed by atoms with Gasteiger partial charge in [-0.05, 0) is 19.1 Å². The van der Waals surface area contributed by atoms with E-state index >= 15 is 0 Å². The lowest BCUT2D eigenvalue weighted by atomic mass is 10.3. The molecule has 0 unspecified atom stereocenters. The average molecular weight is 209 g/mol. The van der Waals surface area contributed by atoms with Crippen LogP contribution in [0, 0.1) is 0 Å². The Labute approximate surface area is 86.6 Å². The van der Waals surface area contributed by atoms with Crippen LogP contribution in [0.4, 0.5) is 10.6 Å². The molecular formula is C9H11N3O3. The van der Waals surface area contributed by atoms with E-state index < -0.39 is 6.09 Å². The number of amides is 1. The topological polar surface area (TPSA) is 80.3 Å². The average Bonchev–Trinajstić information content (AvgIpc) is 2.27. The minimum Gasteiger partial charge on any atom is -0.449 e. The number of ether oxygens (including phenoxy) is 1. The second kappa shape index (κ2) is 5.58. The van der Waals surface area contributed by atoms with E-state index in [-0.39, 0.29) is 12.4 Å². The van der Waals surface area contributed by atoms with Gasteiger partial charge in [0, 0.05) is 6.20 Å². The first-order valence-electron chi connectivity index (χ1n) is 4.37. The van der Waals surface area contributed by atoms with Gasteiger partial charge in [-0.1, -0.05) is 0 Å². The van der Waals surface area contributed by atoms with Gasteiger partial charge in [-0.15, -0.1) is 0 Å². The summed E-state index contributed by atoms with van der Waals surface area (Å²) in [5, 5.41) is 0. The van der Waals surface area contributed by atoms with Gasteiger partial charge >= 0.3 is 6.09 Å². The Morgan fingerprint density at radius 3 is 3.13 bits per heavy atom. The molecule has 0 aliphatic carbocycles. The van der Waals surface area contributed by atoms with E-state index in [1.165, 1.54) is 6.20 Å². The Hall–Kier alpha value is -2.11. The van der Waals surface area contributed by atoms with E-state index in [2.05, 4.69) is 20.6 Å². The molecule has 0 bridgehead atoms. The fourth-order valence-electron chi connectivity index (χ4n) is 0.895. The van der Waals surface area contributed by atoms with Crippen LogP contribution in [0.25, 0.3) is 0 Å². The lowest BCUT2D eigenvalue weighted by Gasteiger charge is -2.08. The van der Waals surface area contributed by atoms with Crippen molar-refractivity contribution in [2.75, 3.05) is 12.0 Å². The van der Waals surface area contributed by atoms with Gasteiger partial charge in [0.25, 0.3) is 0 Å². The van der Waals surface area contributed by atoms with Crippen LogP contribution in [0.3, 0.4) is 0 Å². The Morgan fingerprint density at radius 2 is 2.47 bits per heavy atom. The number of aldehydes is 1. The molecule has 1 rings (SSSR count). The van der Waals surface area contributed by atoms with Crippen LogP contribution in [0.5, 0.6) is 0 Å². The third-order valence-electron chi connectivity index (χ3n) is 1.52. The zero-order valence-electron chi connectivity index (χ0n) is 8.19. The smallest absolute Gasteiger partial charge is 0.425 e. The number of nitrogens with one attached hydrogen (secondary N) is 2. The summed E-state index contributed by atoms with van der Waals surface area (Å²) in [6, 6.07) is 3.20. The van der Waals surface area contributed by atoms with Gasteiger partial charge in [0.2, 0.25) is 0 Å². The molecular weight excluding hydrogens is 198 g/mol. The summed E-state index contributed by atoms with van der Waals surface area (Å²) >= 11 is 0. The lowest BCUT2D eigenvalue weighted by Crippen LogP contribution is -2.30. The van der Waals surface area contributed by atoms with Crippen molar-refractivity contribution in [1.29, 1.82) is 0 Å². The van der Waals surface area contributed by atoms with E-state index in [1.807, 2.05) is 0 Å². The van der Waals surface area contributed by atoms with Gasteiger partial charge < -0.3 is 4.74 Å². The van der Waals surface area contributed by atoms with Crippen molar-refractivity contribution in [2.45, 2.75) is 6.92 Å². The van der Waals surface area contributed by atoms with Crippen LogP contribution >= 0.6 is 0 Å². The Balaban J connectivity index is 2.57. The molecule has 0 aliphatic rings. The molecule has 0 aliphatic heterocycles. The standard InChI is InChI=1S/C9H11N3O3/c1-2-15-9(14)12-11-8-7(6-13)4-3-5-10-8/h3-6H,2H2,1H3,(H,10,11)(H,12,14). The highest BCUT2D eigenvalue weighted by Gasteiger charge is 2.03. The maximum Gasteiger partial charge on any atom is 0.425 e. The second-order valence-corrected chi connectivity index (χ2v) is 2.53. The number of hydrogen-bond acceptors (Lipinski definition) is 5. The number of pyridine rings is 1. The molecule has 0 fully saturated rings. The van der Waals surface area contributed by atoms with Crippen LogP contribution in [-0.2, 0) is 4.74 Å². The first-order chi connectivity index (χ1) is 7.27. The molecule has 0 aromatic carbocycles. The highest BCUT2D eigenvalue weighted by molar-refractivity contribution is 5.82. The SMILES string of the molecule is CCOC(=O)NNc1ncccc1C=O. The zero-order valence-corrected chi connectivity index (χ0v) is 8.19. The molecule has 0 saturated carbocycles. The number of carbonyl (C=O) groups is 2. The van der Waals surface area contributed by atoms with E-state index in [0.29, 0.717) is 11.8 Å². The Kier molecular flexibility index (Phi) is 4.08. The molecule has 0 radical (unpaired) electrons. The van der Waals surface area contributed by atoms with Crippen LogP contribution < -0.4 is 10.9 Å². The van der Waals surface area contributed by atoms with Crippen LogP contribution in [0.1, 0.15) is 17.3 Å². The van der Waals surface area contributed by atoms with Crippen molar-refractivity contribution < 1.29 is 14.3 Å². The van der Waals surface area contributed by atoms with Crippen LogP contribution in [-0.4, -0.2) is 24.0 Å².